The Kier molecular flexibility index (Phi) is 4.24. The van der Waals surface area contributed by atoms with Crippen LogP contribution in [0.2, 0.25) is 0 Å². The molecule has 3 rings (SSSR count). The largest absolute Gasteiger partial charge is 0.457 e. The summed E-state index contributed by atoms with van der Waals surface area (Å²) in [4.78, 5) is 4.48. The molecule has 24 heavy (non-hydrogen) atoms. The van der Waals surface area contributed by atoms with Gasteiger partial charge in [-0.2, -0.15) is 0 Å². The van der Waals surface area contributed by atoms with Gasteiger partial charge in [0, 0.05) is 16.8 Å². The number of amidine groups is 1. The lowest BCUT2D eigenvalue weighted by Crippen LogP contribution is -2.11. The molecular weight excluding hydrogens is 305 g/mol. The minimum absolute atomic E-state index is 0.0120. The van der Waals surface area contributed by atoms with Gasteiger partial charge in [-0.15, -0.1) is 0 Å². The maximum atomic E-state index is 12.9. The summed E-state index contributed by atoms with van der Waals surface area (Å²) in [5, 5.41) is 7.57. The Bertz CT molecular complexity index is 874. The molecule has 120 valence electrons. The average molecular weight is 321 g/mol. The van der Waals surface area contributed by atoms with Gasteiger partial charge in [0.1, 0.15) is 23.2 Å². The first-order chi connectivity index (χ1) is 11.5. The fourth-order valence-electron chi connectivity index (χ4n) is 2.30. The van der Waals surface area contributed by atoms with E-state index in [2.05, 4.69) is 4.98 Å². The van der Waals surface area contributed by atoms with Crippen molar-refractivity contribution in [3.05, 3.63) is 77.7 Å². The first kappa shape index (κ1) is 15.7. The second-order valence-electron chi connectivity index (χ2n) is 5.38. The van der Waals surface area contributed by atoms with E-state index in [0.717, 1.165) is 17.0 Å². The fourth-order valence-corrected chi connectivity index (χ4v) is 2.30. The van der Waals surface area contributed by atoms with Crippen LogP contribution in [0, 0.1) is 18.2 Å². The number of aryl methyl sites for hydroxylation is 1. The van der Waals surface area contributed by atoms with Gasteiger partial charge in [0.25, 0.3) is 0 Å². The van der Waals surface area contributed by atoms with Crippen LogP contribution in [0.5, 0.6) is 11.5 Å². The van der Waals surface area contributed by atoms with Crippen molar-refractivity contribution >= 4 is 5.84 Å². The Balaban J connectivity index is 1.84. The molecule has 0 unspecified atom stereocenters. The Morgan fingerprint density at radius 1 is 1.00 bits per heavy atom. The van der Waals surface area contributed by atoms with Crippen LogP contribution in [-0.2, 0) is 0 Å². The van der Waals surface area contributed by atoms with Crippen LogP contribution in [-0.4, -0.2) is 10.8 Å². The zero-order valence-corrected chi connectivity index (χ0v) is 13.1. The number of benzene rings is 2. The molecule has 0 bridgehead atoms. The molecule has 4 nitrogen and oxygen atoms in total. The second-order valence-corrected chi connectivity index (χ2v) is 5.38. The van der Waals surface area contributed by atoms with Gasteiger partial charge in [0.05, 0.1) is 5.69 Å². The lowest BCUT2D eigenvalue weighted by molar-refractivity contribution is 0.480. The Morgan fingerprint density at radius 2 is 1.58 bits per heavy atom. The summed E-state index contributed by atoms with van der Waals surface area (Å²) in [5.41, 5.74) is 8.64. The van der Waals surface area contributed by atoms with Gasteiger partial charge in [-0.25, -0.2) is 4.39 Å². The first-order valence-electron chi connectivity index (χ1n) is 7.38. The van der Waals surface area contributed by atoms with Crippen LogP contribution in [0.1, 0.15) is 11.3 Å². The number of rotatable bonds is 4. The van der Waals surface area contributed by atoms with Gasteiger partial charge in [0.2, 0.25) is 0 Å². The summed E-state index contributed by atoms with van der Waals surface area (Å²) in [6, 6.07) is 16.8. The predicted molar refractivity (Wildman–Crippen MR) is 91.9 cm³/mol. The zero-order valence-electron chi connectivity index (χ0n) is 13.1. The average Bonchev–Trinajstić information content (AvgIpc) is 2.57. The molecule has 3 aromatic rings. The van der Waals surface area contributed by atoms with Crippen molar-refractivity contribution in [2.75, 3.05) is 0 Å². The predicted octanol–water partition coefficient (Wildman–Crippen LogP) is 4.27. The monoisotopic (exact) mass is 321 g/mol. The van der Waals surface area contributed by atoms with Gasteiger partial charge < -0.3 is 10.5 Å². The highest BCUT2D eigenvalue weighted by atomic mass is 19.1. The number of hydrogen-bond donors (Lipinski definition) is 2. The fraction of sp³-hybridized carbons (Fsp3) is 0.0526. The van der Waals surface area contributed by atoms with E-state index in [9.17, 15) is 4.39 Å². The molecule has 2 aromatic carbocycles. The molecule has 0 saturated heterocycles. The summed E-state index contributed by atoms with van der Waals surface area (Å²) in [6.07, 6.45) is 0. The number of nitrogens with two attached hydrogens (primary N) is 1. The van der Waals surface area contributed by atoms with Crippen molar-refractivity contribution in [2.24, 2.45) is 5.73 Å². The van der Waals surface area contributed by atoms with Crippen molar-refractivity contribution in [3.63, 3.8) is 0 Å². The molecule has 3 N–H and O–H groups in total. The number of hydrogen-bond acceptors (Lipinski definition) is 3. The third-order valence-corrected chi connectivity index (χ3v) is 3.46. The van der Waals surface area contributed by atoms with E-state index >= 15 is 0 Å². The number of nitrogens with zero attached hydrogens (tertiary/aromatic N) is 1. The Labute approximate surface area is 139 Å². The molecule has 0 radical (unpaired) electrons. The minimum atomic E-state index is -0.301. The molecule has 0 spiro atoms. The summed E-state index contributed by atoms with van der Waals surface area (Å²) in [5.74, 6) is 0.920. The molecule has 5 heteroatoms. The van der Waals surface area contributed by atoms with Gasteiger partial charge >= 0.3 is 0 Å². The maximum absolute atomic E-state index is 12.9. The quantitative estimate of drug-likeness (QED) is 0.557. The van der Waals surface area contributed by atoms with Crippen molar-refractivity contribution in [2.45, 2.75) is 6.92 Å². The van der Waals surface area contributed by atoms with Crippen molar-refractivity contribution in [1.29, 1.82) is 5.41 Å². The number of nitrogens with one attached hydrogen (secondary N) is 1. The van der Waals surface area contributed by atoms with Crippen LogP contribution >= 0.6 is 0 Å². The van der Waals surface area contributed by atoms with Crippen LogP contribution in [0.25, 0.3) is 11.3 Å². The van der Waals surface area contributed by atoms with Gasteiger partial charge in [-0.3, -0.25) is 10.4 Å². The number of aromatic nitrogens is 1. The molecule has 0 fully saturated rings. The van der Waals surface area contributed by atoms with E-state index in [1.165, 1.54) is 12.1 Å². The SMILES string of the molecule is Cc1cc(C(=N)N)cc(-c2ccc(Oc3ccc(F)cc3)cc2)n1. The van der Waals surface area contributed by atoms with E-state index in [1.54, 1.807) is 24.3 Å². The van der Waals surface area contributed by atoms with Gasteiger partial charge in [-0.1, -0.05) is 0 Å². The van der Waals surface area contributed by atoms with E-state index in [0.29, 0.717) is 17.1 Å². The smallest absolute Gasteiger partial charge is 0.127 e. The topological polar surface area (TPSA) is 72.0 Å². The molecule has 1 heterocycles. The number of nitrogen functional groups attached to an aromatic ring is 1. The summed E-state index contributed by atoms with van der Waals surface area (Å²) >= 11 is 0. The van der Waals surface area contributed by atoms with Gasteiger partial charge in [-0.05, 0) is 67.6 Å². The summed E-state index contributed by atoms with van der Waals surface area (Å²) < 4.78 is 18.6. The molecular formula is C19H16FN3O. The highest BCUT2D eigenvalue weighted by Crippen LogP contribution is 2.25. The molecule has 0 aliphatic heterocycles. The third kappa shape index (κ3) is 3.57. The Hall–Kier alpha value is -3.21. The summed E-state index contributed by atoms with van der Waals surface area (Å²) in [6.45, 7) is 1.86. The minimum Gasteiger partial charge on any atom is -0.457 e. The van der Waals surface area contributed by atoms with Crippen LogP contribution < -0.4 is 10.5 Å². The highest BCUT2D eigenvalue weighted by Gasteiger charge is 2.06. The number of pyridine rings is 1. The first-order valence-corrected chi connectivity index (χ1v) is 7.38. The lowest BCUT2D eigenvalue weighted by atomic mass is 10.1. The van der Waals surface area contributed by atoms with E-state index in [-0.39, 0.29) is 11.7 Å². The highest BCUT2D eigenvalue weighted by molar-refractivity contribution is 5.96. The molecule has 0 aliphatic rings. The van der Waals surface area contributed by atoms with Crippen LogP contribution in [0.3, 0.4) is 0 Å². The third-order valence-electron chi connectivity index (χ3n) is 3.46. The number of halogens is 1. The zero-order chi connectivity index (χ0) is 17.1. The normalized spacial score (nSPS) is 10.4. The maximum Gasteiger partial charge on any atom is 0.127 e. The lowest BCUT2D eigenvalue weighted by Gasteiger charge is -2.08. The van der Waals surface area contributed by atoms with E-state index in [4.69, 9.17) is 15.9 Å². The van der Waals surface area contributed by atoms with Crippen LogP contribution in [0.4, 0.5) is 4.39 Å². The molecule has 0 aliphatic carbocycles. The van der Waals surface area contributed by atoms with Crippen molar-refractivity contribution in [3.8, 4) is 22.8 Å². The second kappa shape index (κ2) is 6.50. The van der Waals surface area contributed by atoms with Crippen molar-refractivity contribution < 1.29 is 9.13 Å². The van der Waals surface area contributed by atoms with Crippen LogP contribution in [0.15, 0.2) is 60.7 Å². The van der Waals surface area contributed by atoms with Gasteiger partial charge in [0.15, 0.2) is 0 Å². The van der Waals surface area contributed by atoms with E-state index < -0.39 is 0 Å². The Morgan fingerprint density at radius 3 is 2.17 bits per heavy atom. The summed E-state index contributed by atoms with van der Waals surface area (Å²) in [7, 11) is 0. The molecule has 0 amide bonds. The number of ether oxygens (including phenoxy) is 1. The van der Waals surface area contributed by atoms with E-state index in [1.807, 2.05) is 31.2 Å². The standard InChI is InChI=1S/C19H16FN3O/c1-12-10-14(19(21)22)11-18(23-12)13-2-6-16(7-3-13)24-17-8-4-15(20)5-9-17/h2-11H,1H3,(H3,21,22). The molecule has 0 atom stereocenters. The molecule has 0 saturated carbocycles. The van der Waals surface area contributed by atoms with Crippen molar-refractivity contribution in [1.82, 2.24) is 4.98 Å². The molecule has 1 aromatic heterocycles.